The van der Waals surface area contributed by atoms with Crippen LogP contribution in [-0.2, 0) is 9.59 Å². The van der Waals surface area contributed by atoms with Crippen molar-refractivity contribution in [3.05, 3.63) is 4.91 Å². The maximum atomic E-state index is 10.3. The van der Waals surface area contributed by atoms with E-state index < -0.39 is 11.9 Å². The van der Waals surface area contributed by atoms with Crippen molar-refractivity contribution in [3.63, 3.8) is 0 Å². The molecule has 0 saturated heterocycles. The van der Waals surface area contributed by atoms with E-state index in [-0.39, 0.29) is 11.5 Å². The van der Waals surface area contributed by atoms with Gasteiger partial charge in [0.15, 0.2) is 0 Å². The molecule has 0 aromatic rings. The third kappa shape index (κ3) is 7.55. The van der Waals surface area contributed by atoms with Crippen molar-refractivity contribution in [2.24, 2.45) is 5.18 Å². The number of carboxylic acid groups (broad SMARTS) is 1. The molecular weight excluding hydrogens is 202 g/mol. The van der Waals surface area contributed by atoms with Crippen molar-refractivity contribution in [1.82, 2.24) is 0 Å². The second-order valence-corrected chi connectivity index (χ2v) is 4.03. The van der Waals surface area contributed by atoms with Crippen LogP contribution in [0.4, 0.5) is 0 Å². The maximum Gasteiger partial charge on any atom is 0.313 e. The normalized spacial score (nSPS) is 9.33. The largest absolute Gasteiger partial charge is 0.481 e. The van der Waals surface area contributed by atoms with Crippen LogP contribution in [0.2, 0.25) is 0 Å². The van der Waals surface area contributed by atoms with E-state index in [0.717, 1.165) is 0 Å². The summed E-state index contributed by atoms with van der Waals surface area (Å²) in [4.78, 5) is 29.8. The highest BCUT2D eigenvalue weighted by Crippen LogP contribution is 2.11. The Morgan fingerprint density at radius 3 is 2.33 bits per heavy atom. The Morgan fingerprint density at radius 1 is 1.25 bits per heavy atom. The van der Waals surface area contributed by atoms with Gasteiger partial charge in [0.25, 0.3) is 5.91 Å². The lowest BCUT2D eigenvalue weighted by atomic mass is 10.8. The van der Waals surface area contributed by atoms with Crippen molar-refractivity contribution in [2.75, 3.05) is 16.6 Å². The first kappa shape index (κ1) is 11.4. The zero-order valence-corrected chi connectivity index (χ0v) is 7.69. The minimum absolute atomic E-state index is 0.00963. The van der Waals surface area contributed by atoms with Crippen LogP contribution < -0.4 is 0 Å². The fraction of sp³-hybridized carbons (Fsp3) is 0.600. The number of rotatable bonds is 6. The summed E-state index contributed by atoms with van der Waals surface area (Å²) in [6, 6.07) is 0. The molecule has 0 aromatic carbocycles. The highest BCUT2D eigenvalue weighted by atomic mass is 32.2. The second kappa shape index (κ2) is 7.11. The average Bonchev–Trinajstić information content (AvgIpc) is 2.03. The molecule has 0 heterocycles. The van der Waals surface area contributed by atoms with Crippen LogP contribution in [0.3, 0.4) is 0 Å². The van der Waals surface area contributed by atoms with Gasteiger partial charge in [-0.2, -0.15) is 0 Å². The van der Waals surface area contributed by atoms with Gasteiger partial charge >= 0.3 is 5.97 Å². The lowest BCUT2D eigenvalue weighted by molar-refractivity contribution is -0.133. The average molecular weight is 209 g/mol. The molecule has 0 aliphatic heterocycles. The summed E-state index contributed by atoms with van der Waals surface area (Å²) in [5.74, 6) is -1.57. The minimum Gasteiger partial charge on any atom is -0.481 e. The number of hydrogen-bond acceptors (Lipinski definition) is 5. The third-order valence-electron chi connectivity index (χ3n) is 0.720. The smallest absolute Gasteiger partial charge is 0.313 e. The van der Waals surface area contributed by atoms with E-state index in [2.05, 4.69) is 5.18 Å². The molecule has 0 saturated carbocycles. The van der Waals surface area contributed by atoms with E-state index in [1.165, 1.54) is 23.5 Å². The van der Waals surface area contributed by atoms with Crippen LogP contribution in [0.1, 0.15) is 0 Å². The van der Waals surface area contributed by atoms with Crippen LogP contribution in [0.25, 0.3) is 0 Å². The predicted octanol–water partition coefficient (Wildman–Crippen LogP) is 0.788. The molecule has 1 amide bonds. The lowest BCUT2D eigenvalue weighted by Gasteiger charge is -1.94. The maximum absolute atomic E-state index is 10.3. The molecule has 12 heavy (non-hydrogen) atoms. The van der Waals surface area contributed by atoms with Gasteiger partial charge in [0.2, 0.25) is 0 Å². The van der Waals surface area contributed by atoms with Crippen molar-refractivity contribution >= 4 is 35.4 Å². The Balaban J connectivity index is 3.16. The van der Waals surface area contributed by atoms with Gasteiger partial charge in [-0.1, -0.05) is 0 Å². The Hall–Kier alpha value is -0.560. The number of carbonyl (C=O) groups is 2. The zero-order chi connectivity index (χ0) is 9.40. The molecule has 0 aliphatic carbocycles. The van der Waals surface area contributed by atoms with Gasteiger partial charge in [-0.3, -0.25) is 9.59 Å². The van der Waals surface area contributed by atoms with Gasteiger partial charge in [-0.05, 0) is 0 Å². The van der Waals surface area contributed by atoms with Gasteiger partial charge in [0.1, 0.15) is 0 Å². The molecular formula is C5H7NO4S2. The molecule has 68 valence electrons. The van der Waals surface area contributed by atoms with Crippen molar-refractivity contribution < 1.29 is 14.7 Å². The van der Waals surface area contributed by atoms with Crippen LogP contribution >= 0.6 is 23.5 Å². The number of thioether (sulfide) groups is 2. The molecule has 1 N–H and O–H groups in total. The number of aliphatic carboxylic acids is 1. The van der Waals surface area contributed by atoms with Crippen LogP contribution in [0.5, 0.6) is 0 Å². The van der Waals surface area contributed by atoms with Crippen LogP contribution in [0.15, 0.2) is 5.18 Å². The Morgan fingerprint density at radius 2 is 1.83 bits per heavy atom. The summed E-state index contributed by atoms with van der Waals surface area (Å²) >= 11 is 2.37. The topological polar surface area (TPSA) is 83.8 Å². The van der Waals surface area contributed by atoms with E-state index in [1.54, 1.807) is 0 Å². The lowest BCUT2D eigenvalue weighted by Crippen LogP contribution is -1.99. The monoisotopic (exact) mass is 209 g/mol. The number of amides is 1. The summed E-state index contributed by atoms with van der Waals surface area (Å²) < 4.78 is 0. The molecule has 7 heteroatoms. The van der Waals surface area contributed by atoms with Crippen LogP contribution in [-0.4, -0.2) is 33.6 Å². The molecule has 0 aromatic heterocycles. The zero-order valence-electron chi connectivity index (χ0n) is 6.06. The standard InChI is InChI=1S/C5H7NO4S2/c7-4(6-10)1-11-3-12-2-5(8)9/h1-3H2,(H,8,9). The van der Waals surface area contributed by atoms with Gasteiger partial charge in [-0.25, -0.2) is 0 Å². The first-order valence-electron chi connectivity index (χ1n) is 2.90. The van der Waals surface area contributed by atoms with E-state index >= 15 is 0 Å². The number of nitroso groups, excluding NO2 is 1. The van der Waals surface area contributed by atoms with Gasteiger partial charge < -0.3 is 5.11 Å². The molecule has 0 atom stereocenters. The Bertz CT molecular complexity index is 184. The summed E-state index contributed by atoms with van der Waals surface area (Å²) in [6.45, 7) is 0. The van der Waals surface area contributed by atoms with Gasteiger partial charge in [-0.15, -0.1) is 28.4 Å². The van der Waals surface area contributed by atoms with Gasteiger partial charge in [0, 0.05) is 10.3 Å². The number of carboxylic acids is 1. The molecule has 5 nitrogen and oxygen atoms in total. The summed E-state index contributed by atoms with van der Waals surface area (Å²) in [7, 11) is 0. The van der Waals surface area contributed by atoms with E-state index in [1.807, 2.05) is 0 Å². The summed E-state index contributed by atoms with van der Waals surface area (Å²) in [5.41, 5.74) is 0. The number of nitrogens with zero attached hydrogens (tertiary/aromatic N) is 1. The first-order valence-corrected chi connectivity index (χ1v) is 5.21. The highest BCUT2D eigenvalue weighted by molar-refractivity contribution is 8.16. The molecule has 0 spiro atoms. The predicted molar refractivity (Wildman–Crippen MR) is 48.2 cm³/mol. The molecule has 0 fully saturated rings. The number of hydrogen-bond donors (Lipinski definition) is 1. The van der Waals surface area contributed by atoms with Crippen molar-refractivity contribution in [2.45, 2.75) is 0 Å². The minimum atomic E-state index is -0.888. The molecule has 0 bridgehead atoms. The summed E-state index contributed by atoms with van der Waals surface area (Å²) in [5, 5.41) is 10.9. The first-order chi connectivity index (χ1) is 5.66. The molecule has 0 unspecified atom stereocenters. The van der Waals surface area contributed by atoms with E-state index in [4.69, 9.17) is 5.11 Å². The van der Waals surface area contributed by atoms with E-state index in [9.17, 15) is 14.5 Å². The van der Waals surface area contributed by atoms with Gasteiger partial charge in [0.05, 0.1) is 11.5 Å². The molecule has 0 radical (unpaired) electrons. The number of carbonyl (C=O) groups excluding carboxylic acids is 1. The van der Waals surface area contributed by atoms with Crippen LogP contribution in [0, 0.1) is 4.91 Å². The summed E-state index contributed by atoms with van der Waals surface area (Å²) in [6.07, 6.45) is 0. The fourth-order valence-corrected chi connectivity index (χ4v) is 1.88. The quantitative estimate of drug-likeness (QED) is 0.395. The molecule has 0 rings (SSSR count). The third-order valence-corrected chi connectivity index (χ3v) is 2.96. The van der Waals surface area contributed by atoms with Crippen molar-refractivity contribution in [1.29, 1.82) is 0 Å². The SMILES string of the molecule is O=NC(=O)CSCSCC(=O)O. The highest BCUT2D eigenvalue weighted by Gasteiger charge is 2.01. The molecule has 0 aliphatic rings. The van der Waals surface area contributed by atoms with Crippen molar-refractivity contribution in [3.8, 4) is 0 Å². The Kier molecular flexibility index (Phi) is 6.78. The second-order valence-electron chi connectivity index (χ2n) is 1.69. The van der Waals surface area contributed by atoms with E-state index in [0.29, 0.717) is 5.08 Å². The Labute approximate surface area is 77.3 Å². The fourth-order valence-electron chi connectivity index (χ4n) is 0.343.